The van der Waals surface area contributed by atoms with Gasteiger partial charge in [0.15, 0.2) is 0 Å². The van der Waals surface area contributed by atoms with Crippen LogP contribution in [0.2, 0.25) is 0 Å². The van der Waals surface area contributed by atoms with E-state index in [0.29, 0.717) is 0 Å². The number of benzene rings is 1. The number of hydrogen-bond acceptors (Lipinski definition) is 3. The van der Waals surface area contributed by atoms with Gasteiger partial charge < -0.3 is 10.5 Å². The minimum Gasteiger partial charge on any atom is -0.461 e. The van der Waals surface area contributed by atoms with Crippen molar-refractivity contribution in [2.75, 3.05) is 0 Å². The zero-order chi connectivity index (χ0) is 11.4. The molecule has 3 heteroatoms. The second-order valence-corrected chi connectivity index (χ2v) is 4.23. The van der Waals surface area contributed by atoms with E-state index >= 15 is 0 Å². The molecule has 0 heterocycles. The van der Waals surface area contributed by atoms with Crippen LogP contribution in [-0.4, -0.2) is 12.1 Å². The summed E-state index contributed by atoms with van der Waals surface area (Å²) in [6, 6.07) is 8.69. The number of carbonyl (C=O) groups excluding carboxylic acids is 1. The molecule has 0 aliphatic heterocycles. The molecule has 0 radical (unpaired) electrons. The van der Waals surface area contributed by atoms with E-state index in [4.69, 9.17) is 10.5 Å². The molecular weight excluding hydrogens is 202 g/mol. The van der Waals surface area contributed by atoms with Crippen LogP contribution in [0.5, 0.6) is 0 Å². The molecule has 1 saturated carbocycles. The van der Waals surface area contributed by atoms with E-state index < -0.39 is 6.04 Å². The van der Waals surface area contributed by atoms with Gasteiger partial charge in [0.05, 0.1) is 0 Å². The van der Waals surface area contributed by atoms with Crippen molar-refractivity contribution in [1.82, 2.24) is 0 Å². The summed E-state index contributed by atoms with van der Waals surface area (Å²) in [5, 5.41) is 0. The van der Waals surface area contributed by atoms with Crippen molar-refractivity contribution >= 4 is 5.97 Å². The third kappa shape index (κ3) is 2.61. The highest BCUT2D eigenvalue weighted by Gasteiger charge is 2.23. The van der Waals surface area contributed by atoms with Crippen molar-refractivity contribution in [3.8, 4) is 0 Å². The van der Waals surface area contributed by atoms with Crippen molar-refractivity contribution in [1.29, 1.82) is 0 Å². The molecule has 1 aliphatic carbocycles. The molecule has 0 saturated heterocycles. The van der Waals surface area contributed by atoms with E-state index in [-0.39, 0.29) is 12.1 Å². The van der Waals surface area contributed by atoms with Gasteiger partial charge in [-0.2, -0.15) is 0 Å². The molecular formula is C13H17NO2. The molecule has 2 N–H and O–H groups in total. The van der Waals surface area contributed by atoms with Crippen molar-refractivity contribution in [3.05, 3.63) is 35.9 Å². The average molecular weight is 219 g/mol. The third-order valence-corrected chi connectivity index (χ3v) is 3.00. The number of rotatable bonds is 3. The molecule has 16 heavy (non-hydrogen) atoms. The maximum Gasteiger partial charge on any atom is 0.327 e. The molecule has 0 aromatic heterocycles. The second kappa shape index (κ2) is 5.12. The second-order valence-electron chi connectivity index (χ2n) is 4.23. The Kier molecular flexibility index (Phi) is 3.57. The molecule has 86 valence electrons. The Hall–Kier alpha value is -1.35. The summed E-state index contributed by atoms with van der Waals surface area (Å²) in [6.45, 7) is 0. The monoisotopic (exact) mass is 219 g/mol. The van der Waals surface area contributed by atoms with Gasteiger partial charge in [-0.05, 0) is 31.2 Å². The molecule has 2 rings (SSSR count). The standard InChI is InChI=1S/C13H17NO2/c14-12(10-6-2-1-3-7-10)13(15)16-11-8-4-5-9-11/h1-3,6-7,11-12H,4-5,8-9,14H2/t12-/m1/s1. The van der Waals surface area contributed by atoms with E-state index in [2.05, 4.69) is 0 Å². The van der Waals surface area contributed by atoms with E-state index in [1.165, 1.54) is 0 Å². The highest BCUT2D eigenvalue weighted by molar-refractivity contribution is 5.77. The first-order chi connectivity index (χ1) is 7.77. The number of carbonyl (C=O) groups is 1. The summed E-state index contributed by atoms with van der Waals surface area (Å²) in [5.74, 6) is -0.307. The maximum atomic E-state index is 11.8. The van der Waals surface area contributed by atoms with Gasteiger partial charge in [-0.25, -0.2) is 4.79 Å². The van der Waals surface area contributed by atoms with Gasteiger partial charge in [0.1, 0.15) is 12.1 Å². The Morgan fingerprint density at radius 2 is 1.88 bits per heavy atom. The third-order valence-electron chi connectivity index (χ3n) is 3.00. The summed E-state index contributed by atoms with van der Waals surface area (Å²) in [7, 11) is 0. The summed E-state index contributed by atoms with van der Waals surface area (Å²) < 4.78 is 5.36. The lowest BCUT2D eigenvalue weighted by atomic mass is 10.1. The smallest absolute Gasteiger partial charge is 0.327 e. The van der Waals surface area contributed by atoms with E-state index in [0.717, 1.165) is 31.2 Å². The van der Waals surface area contributed by atoms with Crippen LogP contribution in [0.3, 0.4) is 0 Å². The van der Waals surface area contributed by atoms with Gasteiger partial charge in [0.2, 0.25) is 0 Å². The predicted octanol–water partition coefficient (Wildman–Crippen LogP) is 2.17. The van der Waals surface area contributed by atoms with Gasteiger partial charge in [0.25, 0.3) is 0 Å². The van der Waals surface area contributed by atoms with Crippen LogP contribution in [0, 0.1) is 0 Å². The lowest BCUT2D eigenvalue weighted by Gasteiger charge is -2.15. The highest BCUT2D eigenvalue weighted by Crippen LogP contribution is 2.23. The number of esters is 1. The zero-order valence-corrected chi connectivity index (χ0v) is 9.26. The number of ether oxygens (including phenoxy) is 1. The predicted molar refractivity (Wildman–Crippen MR) is 61.7 cm³/mol. The van der Waals surface area contributed by atoms with Gasteiger partial charge >= 0.3 is 5.97 Å². The quantitative estimate of drug-likeness (QED) is 0.793. The van der Waals surface area contributed by atoms with Crippen molar-refractivity contribution in [3.63, 3.8) is 0 Å². The summed E-state index contributed by atoms with van der Waals surface area (Å²) >= 11 is 0. The number of nitrogens with two attached hydrogens (primary N) is 1. The fourth-order valence-electron chi connectivity index (χ4n) is 2.04. The Bertz CT molecular complexity index is 344. The van der Waals surface area contributed by atoms with Gasteiger partial charge in [-0.3, -0.25) is 0 Å². The van der Waals surface area contributed by atoms with E-state index in [1.54, 1.807) is 0 Å². The fraction of sp³-hybridized carbons (Fsp3) is 0.462. The van der Waals surface area contributed by atoms with Crippen LogP contribution < -0.4 is 5.73 Å². The van der Waals surface area contributed by atoms with Crippen molar-refractivity contribution in [2.24, 2.45) is 5.73 Å². The SMILES string of the molecule is N[C@@H](C(=O)OC1CCCC1)c1ccccc1. The molecule has 1 fully saturated rings. The molecule has 1 aromatic carbocycles. The molecule has 3 nitrogen and oxygen atoms in total. The molecule has 0 unspecified atom stereocenters. The lowest BCUT2D eigenvalue weighted by molar-refractivity contribution is -0.150. The van der Waals surface area contributed by atoms with Crippen LogP contribution in [-0.2, 0) is 9.53 Å². The fourth-order valence-corrected chi connectivity index (χ4v) is 2.04. The average Bonchev–Trinajstić information content (AvgIpc) is 2.82. The molecule has 1 aliphatic rings. The molecule has 1 aromatic rings. The zero-order valence-electron chi connectivity index (χ0n) is 9.26. The Balaban J connectivity index is 1.94. The van der Waals surface area contributed by atoms with Crippen LogP contribution in [0.1, 0.15) is 37.3 Å². The first-order valence-electron chi connectivity index (χ1n) is 5.78. The topological polar surface area (TPSA) is 52.3 Å². The van der Waals surface area contributed by atoms with Crippen LogP contribution in [0.25, 0.3) is 0 Å². The maximum absolute atomic E-state index is 11.8. The van der Waals surface area contributed by atoms with E-state index in [1.807, 2.05) is 30.3 Å². The summed E-state index contributed by atoms with van der Waals surface area (Å²) in [5.41, 5.74) is 6.65. The Morgan fingerprint density at radius 3 is 2.50 bits per heavy atom. The highest BCUT2D eigenvalue weighted by atomic mass is 16.5. The van der Waals surface area contributed by atoms with E-state index in [9.17, 15) is 4.79 Å². The number of hydrogen-bond donors (Lipinski definition) is 1. The van der Waals surface area contributed by atoms with Gasteiger partial charge in [0, 0.05) is 0 Å². The lowest BCUT2D eigenvalue weighted by Crippen LogP contribution is -2.27. The first kappa shape index (κ1) is 11.1. The minimum atomic E-state index is -0.651. The van der Waals surface area contributed by atoms with Crippen LogP contribution in [0.4, 0.5) is 0 Å². The largest absolute Gasteiger partial charge is 0.461 e. The summed E-state index contributed by atoms with van der Waals surface area (Å²) in [4.78, 5) is 11.8. The molecule has 0 bridgehead atoms. The van der Waals surface area contributed by atoms with Gasteiger partial charge in [-0.1, -0.05) is 30.3 Å². The minimum absolute atomic E-state index is 0.0854. The normalized spacial score (nSPS) is 18.3. The van der Waals surface area contributed by atoms with Crippen molar-refractivity contribution < 1.29 is 9.53 Å². The summed E-state index contributed by atoms with van der Waals surface area (Å²) in [6.07, 6.45) is 4.35. The molecule has 0 spiro atoms. The van der Waals surface area contributed by atoms with Crippen LogP contribution >= 0.6 is 0 Å². The Morgan fingerprint density at radius 1 is 1.25 bits per heavy atom. The molecule has 0 amide bonds. The van der Waals surface area contributed by atoms with Crippen molar-refractivity contribution in [2.45, 2.75) is 37.8 Å². The van der Waals surface area contributed by atoms with Gasteiger partial charge in [-0.15, -0.1) is 0 Å². The first-order valence-corrected chi connectivity index (χ1v) is 5.78. The van der Waals surface area contributed by atoms with Crippen LogP contribution in [0.15, 0.2) is 30.3 Å². The molecule has 1 atom stereocenters. The Labute approximate surface area is 95.6 Å².